The van der Waals surface area contributed by atoms with Gasteiger partial charge in [-0.3, -0.25) is 13.9 Å². The molecule has 0 aliphatic carbocycles. The molecular formula is C37H42FN3O6S. The lowest BCUT2D eigenvalue weighted by molar-refractivity contribution is -0.140. The molecule has 1 N–H and O–H groups in total. The SMILES string of the molecule is COc1ccc(N(CC(=O)N(Cc2ccccc2F)C(Cc2ccccc2)C(=O)NCC(C)C)S(=O)(=O)c2ccc(C)cc2)cc1OC. The summed E-state index contributed by atoms with van der Waals surface area (Å²) in [5, 5.41) is 2.92. The maximum Gasteiger partial charge on any atom is 0.264 e. The van der Waals surface area contributed by atoms with Gasteiger partial charge in [-0.05, 0) is 48.7 Å². The van der Waals surface area contributed by atoms with Crippen LogP contribution in [-0.4, -0.2) is 58.5 Å². The number of ether oxygens (including phenoxy) is 2. The Kier molecular flexibility index (Phi) is 12.2. The molecule has 0 aliphatic rings. The van der Waals surface area contributed by atoms with Crippen molar-refractivity contribution < 1.29 is 31.9 Å². The van der Waals surface area contributed by atoms with E-state index >= 15 is 4.39 Å². The number of anilines is 1. The summed E-state index contributed by atoms with van der Waals surface area (Å²) in [7, 11) is -1.46. The second-order valence-corrected chi connectivity index (χ2v) is 13.7. The molecular weight excluding hydrogens is 633 g/mol. The lowest BCUT2D eigenvalue weighted by Crippen LogP contribution is -2.53. The molecule has 0 heterocycles. The van der Waals surface area contributed by atoms with E-state index in [2.05, 4.69) is 5.32 Å². The normalized spacial score (nSPS) is 11.9. The first-order chi connectivity index (χ1) is 22.9. The van der Waals surface area contributed by atoms with Gasteiger partial charge in [0.05, 0.1) is 24.8 Å². The number of hydrogen-bond acceptors (Lipinski definition) is 6. The van der Waals surface area contributed by atoms with E-state index in [0.29, 0.717) is 12.3 Å². The van der Waals surface area contributed by atoms with Gasteiger partial charge in [0.25, 0.3) is 10.0 Å². The van der Waals surface area contributed by atoms with Gasteiger partial charge >= 0.3 is 0 Å². The number of nitrogens with one attached hydrogen (secondary N) is 1. The van der Waals surface area contributed by atoms with E-state index in [4.69, 9.17) is 9.47 Å². The molecule has 4 aromatic rings. The summed E-state index contributed by atoms with van der Waals surface area (Å²) in [6, 6.07) is 24.9. The van der Waals surface area contributed by atoms with Gasteiger partial charge in [0.2, 0.25) is 11.8 Å². The fourth-order valence-electron chi connectivity index (χ4n) is 5.13. The van der Waals surface area contributed by atoms with Crippen LogP contribution in [0.5, 0.6) is 11.5 Å². The molecule has 4 rings (SSSR count). The molecule has 1 unspecified atom stereocenters. The van der Waals surface area contributed by atoms with E-state index in [1.165, 1.54) is 61.6 Å². The van der Waals surface area contributed by atoms with Crippen LogP contribution in [0.4, 0.5) is 10.1 Å². The smallest absolute Gasteiger partial charge is 0.264 e. The Morgan fingerprint density at radius 2 is 1.50 bits per heavy atom. The molecule has 2 amide bonds. The molecule has 0 bridgehead atoms. The fourth-order valence-corrected chi connectivity index (χ4v) is 6.54. The second kappa shape index (κ2) is 16.3. The van der Waals surface area contributed by atoms with Crippen LogP contribution >= 0.6 is 0 Å². The number of hydrogen-bond donors (Lipinski definition) is 1. The van der Waals surface area contributed by atoms with Crippen molar-refractivity contribution in [3.05, 3.63) is 120 Å². The molecule has 254 valence electrons. The first kappa shape index (κ1) is 35.9. The van der Waals surface area contributed by atoms with Crippen molar-refractivity contribution in [2.24, 2.45) is 5.92 Å². The number of benzene rings is 4. The second-order valence-electron chi connectivity index (χ2n) is 11.8. The first-order valence-electron chi connectivity index (χ1n) is 15.6. The minimum absolute atomic E-state index is 0.0353. The third kappa shape index (κ3) is 8.92. The molecule has 0 aliphatic heterocycles. The first-order valence-corrected chi connectivity index (χ1v) is 17.0. The molecule has 4 aromatic carbocycles. The van der Waals surface area contributed by atoms with Crippen LogP contribution in [0.3, 0.4) is 0 Å². The van der Waals surface area contributed by atoms with Gasteiger partial charge in [-0.1, -0.05) is 80.1 Å². The molecule has 0 saturated heterocycles. The maximum atomic E-state index is 15.1. The predicted molar refractivity (Wildman–Crippen MR) is 184 cm³/mol. The molecule has 0 saturated carbocycles. The van der Waals surface area contributed by atoms with E-state index in [9.17, 15) is 18.0 Å². The van der Waals surface area contributed by atoms with Crippen LogP contribution in [0.25, 0.3) is 0 Å². The van der Waals surface area contributed by atoms with Crippen molar-refractivity contribution in [2.45, 2.75) is 44.7 Å². The zero-order chi connectivity index (χ0) is 34.8. The average Bonchev–Trinajstić information content (AvgIpc) is 3.08. The van der Waals surface area contributed by atoms with Gasteiger partial charge < -0.3 is 19.7 Å². The number of sulfonamides is 1. The molecule has 0 radical (unpaired) electrons. The number of amides is 2. The average molecular weight is 676 g/mol. The van der Waals surface area contributed by atoms with Crippen molar-refractivity contribution >= 4 is 27.5 Å². The van der Waals surface area contributed by atoms with Crippen molar-refractivity contribution in [1.82, 2.24) is 10.2 Å². The van der Waals surface area contributed by atoms with Crippen LogP contribution < -0.4 is 19.1 Å². The van der Waals surface area contributed by atoms with Crippen LogP contribution in [0.1, 0.15) is 30.5 Å². The minimum atomic E-state index is -4.34. The Morgan fingerprint density at radius 1 is 0.854 bits per heavy atom. The van der Waals surface area contributed by atoms with Gasteiger partial charge in [0, 0.05) is 31.1 Å². The highest BCUT2D eigenvalue weighted by Crippen LogP contribution is 2.34. The standard InChI is InChI=1S/C37H42FN3O6S/c1-26(2)23-39-37(43)33(21-28-11-7-6-8-12-28)40(24-29-13-9-10-14-32(29)38)36(42)25-41(30-17-20-34(46-4)35(22-30)47-5)48(44,45)31-18-15-27(3)16-19-31/h6-20,22,26,33H,21,23-25H2,1-5H3,(H,39,43). The van der Waals surface area contributed by atoms with E-state index in [-0.39, 0.29) is 40.8 Å². The molecule has 0 fully saturated rings. The van der Waals surface area contributed by atoms with Gasteiger partial charge in [0.1, 0.15) is 18.4 Å². The van der Waals surface area contributed by atoms with Crippen LogP contribution in [0.15, 0.2) is 102 Å². The van der Waals surface area contributed by atoms with Crippen molar-refractivity contribution in [2.75, 3.05) is 31.6 Å². The minimum Gasteiger partial charge on any atom is -0.493 e. The van der Waals surface area contributed by atoms with E-state index in [0.717, 1.165) is 15.4 Å². The summed E-state index contributed by atoms with van der Waals surface area (Å²) >= 11 is 0. The maximum absolute atomic E-state index is 15.1. The number of methoxy groups -OCH3 is 2. The summed E-state index contributed by atoms with van der Waals surface area (Å²) in [6.07, 6.45) is 0.117. The van der Waals surface area contributed by atoms with Crippen molar-refractivity contribution in [3.8, 4) is 11.5 Å². The highest BCUT2D eigenvalue weighted by Gasteiger charge is 2.35. The summed E-state index contributed by atoms with van der Waals surface area (Å²) in [5.74, 6) is -0.945. The van der Waals surface area contributed by atoms with Crippen LogP contribution in [0, 0.1) is 18.7 Å². The van der Waals surface area contributed by atoms with Crippen molar-refractivity contribution in [1.29, 1.82) is 0 Å². The quantitative estimate of drug-likeness (QED) is 0.172. The summed E-state index contributed by atoms with van der Waals surface area (Å²) in [6.45, 7) is 5.12. The lowest BCUT2D eigenvalue weighted by Gasteiger charge is -2.34. The van der Waals surface area contributed by atoms with Crippen LogP contribution in [0.2, 0.25) is 0 Å². The molecule has 48 heavy (non-hydrogen) atoms. The number of carbonyl (C=O) groups excluding carboxylic acids is 2. The molecule has 0 spiro atoms. The van der Waals surface area contributed by atoms with E-state index in [1.807, 2.05) is 51.1 Å². The largest absolute Gasteiger partial charge is 0.493 e. The molecule has 11 heteroatoms. The monoisotopic (exact) mass is 675 g/mol. The number of halogens is 1. The Hall–Kier alpha value is -4.90. The summed E-state index contributed by atoms with van der Waals surface area (Å²) in [5.41, 5.74) is 1.95. The van der Waals surface area contributed by atoms with E-state index < -0.39 is 40.2 Å². The molecule has 9 nitrogen and oxygen atoms in total. The Bertz CT molecular complexity index is 1800. The number of nitrogens with zero attached hydrogens (tertiary/aromatic N) is 2. The third-order valence-electron chi connectivity index (χ3n) is 7.80. The topological polar surface area (TPSA) is 105 Å². The molecule has 0 aromatic heterocycles. The Morgan fingerprint density at radius 3 is 2.12 bits per heavy atom. The van der Waals surface area contributed by atoms with Gasteiger partial charge in [-0.2, -0.15) is 0 Å². The molecule has 1 atom stereocenters. The predicted octanol–water partition coefficient (Wildman–Crippen LogP) is 5.76. The van der Waals surface area contributed by atoms with Gasteiger partial charge in [-0.25, -0.2) is 12.8 Å². The number of carbonyl (C=O) groups is 2. The fraction of sp³-hybridized carbons (Fsp3) is 0.297. The van der Waals surface area contributed by atoms with Crippen LogP contribution in [-0.2, 0) is 32.6 Å². The number of aryl methyl sites for hydroxylation is 1. The number of rotatable bonds is 15. The van der Waals surface area contributed by atoms with Crippen molar-refractivity contribution in [3.63, 3.8) is 0 Å². The van der Waals surface area contributed by atoms with E-state index in [1.54, 1.807) is 24.3 Å². The Balaban J connectivity index is 1.85. The summed E-state index contributed by atoms with van der Waals surface area (Å²) in [4.78, 5) is 29.7. The van der Waals surface area contributed by atoms with Gasteiger partial charge in [0.15, 0.2) is 11.5 Å². The zero-order valence-electron chi connectivity index (χ0n) is 27.9. The lowest BCUT2D eigenvalue weighted by atomic mass is 10.0. The third-order valence-corrected chi connectivity index (χ3v) is 9.59. The zero-order valence-corrected chi connectivity index (χ0v) is 28.7. The summed E-state index contributed by atoms with van der Waals surface area (Å²) < 4.78 is 55.5. The Labute approximate surface area is 282 Å². The highest BCUT2D eigenvalue weighted by molar-refractivity contribution is 7.92. The highest BCUT2D eigenvalue weighted by atomic mass is 32.2. The van der Waals surface area contributed by atoms with Gasteiger partial charge in [-0.15, -0.1) is 0 Å².